The zero-order valence-corrected chi connectivity index (χ0v) is 12.6. The number of halogens is 1. The fourth-order valence-electron chi connectivity index (χ4n) is 1.92. The van der Waals surface area contributed by atoms with Gasteiger partial charge >= 0.3 is 0 Å². The van der Waals surface area contributed by atoms with Gasteiger partial charge in [-0.05, 0) is 31.0 Å². The molecule has 0 unspecified atom stereocenters. The minimum atomic E-state index is -0.368. The van der Waals surface area contributed by atoms with Gasteiger partial charge in [0, 0.05) is 17.8 Å². The van der Waals surface area contributed by atoms with Crippen LogP contribution in [0.15, 0.2) is 34.4 Å². The minimum Gasteiger partial charge on any atom is -0.296 e. The summed E-state index contributed by atoms with van der Waals surface area (Å²) in [6, 6.07) is 7.11. The van der Waals surface area contributed by atoms with Crippen LogP contribution >= 0.6 is 11.6 Å². The van der Waals surface area contributed by atoms with Crippen LogP contribution in [-0.4, -0.2) is 24.4 Å². The molecule has 0 fully saturated rings. The van der Waals surface area contributed by atoms with Crippen LogP contribution in [0, 0.1) is 11.8 Å². The summed E-state index contributed by atoms with van der Waals surface area (Å²) < 4.78 is 0. The third kappa shape index (κ3) is 3.25. The van der Waals surface area contributed by atoms with Crippen LogP contribution in [0.25, 0.3) is 0 Å². The van der Waals surface area contributed by atoms with Crippen LogP contribution in [0.4, 0.5) is 5.69 Å². The first kappa shape index (κ1) is 14.7. The number of anilines is 1. The summed E-state index contributed by atoms with van der Waals surface area (Å²) in [5.74, 6) is 0.0223. The summed E-state index contributed by atoms with van der Waals surface area (Å²) in [4.78, 5) is 16.7. The molecule has 1 aliphatic rings. The highest BCUT2D eigenvalue weighted by atomic mass is 35.5. The van der Waals surface area contributed by atoms with E-state index >= 15 is 0 Å². The molecule has 0 saturated heterocycles. The van der Waals surface area contributed by atoms with E-state index in [9.17, 15) is 4.79 Å². The Morgan fingerprint density at radius 2 is 2.25 bits per heavy atom. The van der Waals surface area contributed by atoms with E-state index in [0.29, 0.717) is 23.2 Å². The largest absolute Gasteiger partial charge is 0.296 e. The molecular formula is C15H18ClN3O. The molecular weight excluding hydrogens is 274 g/mol. The highest BCUT2D eigenvalue weighted by Crippen LogP contribution is 2.25. The molecule has 0 spiro atoms. The maximum absolute atomic E-state index is 12.4. The van der Waals surface area contributed by atoms with Gasteiger partial charge in [0.15, 0.2) is 0 Å². The van der Waals surface area contributed by atoms with Crippen LogP contribution in [0.1, 0.15) is 20.8 Å². The van der Waals surface area contributed by atoms with Gasteiger partial charge in [0.2, 0.25) is 0 Å². The number of aliphatic imine (C=N–C) groups is 1. The number of hydrogen-bond donors (Lipinski definition) is 0. The van der Waals surface area contributed by atoms with E-state index in [2.05, 4.69) is 23.9 Å². The van der Waals surface area contributed by atoms with E-state index in [-0.39, 0.29) is 11.8 Å². The lowest BCUT2D eigenvalue weighted by Gasteiger charge is -2.13. The lowest BCUT2D eigenvalue weighted by atomic mass is 10.1. The molecule has 0 radical (unpaired) electrons. The number of nitrogens with zero attached hydrogens (tertiary/aromatic N) is 3. The van der Waals surface area contributed by atoms with E-state index < -0.39 is 0 Å². The Balaban J connectivity index is 2.16. The first-order valence-electron chi connectivity index (χ1n) is 6.63. The zero-order chi connectivity index (χ0) is 14.7. The van der Waals surface area contributed by atoms with Crippen molar-refractivity contribution in [3.8, 4) is 0 Å². The van der Waals surface area contributed by atoms with Gasteiger partial charge in [-0.25, -0.2) is 0 Å². The Bertz CT molecular complexity index is 566. The number of rotatable bonds is 4. The van der Waals surface area contributed by atoms with Crippen molar-refractivity contribution >= 4 is 35.1 Å². The van der Waals surface area contributed by atoms with Gasteiger partial charge in [-0.15, -0.1) is 0 Å². The van der Waals surface area contributed by atoms with Crippen molar-refractivity contribution in [2.75, 3.05) is 11.6 Å². The quantitative estimate of drug-likeness (QED) is 0.784. The summed E-state index contributed by atoms with van der Waals surface area (Å²) in [7, 11) is 0. The summed E-state index contributed by atoms with van der Waals surface area (Å²) in [5, 5.41) is 6.29. The van der Waals surface area contributed by atoms with Crippen molar-refractivity contribution in [3.63, 3.8) is 0 Å². The topological polar surface area (TPSA) is 45.0 Å². The van der Waals surface area contributed by atoms with Gasteiger partial charge in [0.25, 0.3) is 5.91 Å². The molecule has 5 heteroatoms. The molecule has 20 heavy (non-hydrogen) atoms. The first-order chi connectivity index (χ1) is 9.49. The molecule has 0 aliphatic carbocycles. The van der Waals surface area contributed by atoms with E-state index in [1.54, 1.807) is 24.4 Å². The van der Waals surface area contributed by atoms with E-state index in [0.717, 1.165) is 5.71 Å². The molecule has 0 saturated carbocycles. The molecule has 1 amide bonds. The number of carbonyl (C=O) groups is 1. The second kappa shape index (κ2) is 6.18. The van der Waals surface area contributed by atoms with Crippen LogP contribution in [0.3, 0.4) is 0 Å². The molecule has 0 N–H and O–H groups in total. The Morgan fingerprint density at radius 3 is 2.90 bits per heavy atom. The summed E-state index contributed by atoms with van der Waals surface area (Å²) in [6.07, 6.45) is 1.70. The molecule has 1 aliphatic heterocycles. The van der Waals surface area contributed by atoms with Gasteiger partial charge in [0.1, 0.15) is 5.92 Å². The minimum absolute atomic E-state index is 0.0859. The van der Waals surface area contributed by atoms with Gasteiger partial charge in [-0.1, -0.05) is 31.5 Å². The SMILES string of the molecule is CC1=NN(c2cccc(Cl)c2)C(=O)[C@@H]1C=NCC(C)C. The summed E-state index contributed by atoms with van der Waals surface area (Å²) >= 11 is 5.95. The molecule has 1 atom stereocenters. The normalized spacial score (nSPS) is 19.2. The van der Waals surface area contributed by atoms with Gasteiger partial charge < -0.3 is 0 Å². The number of amides is 1. The Morgan fingerprint density at radius 1 is 1.50 bits per heavy atom. The van der Waals surface area contributed by atoms with Crippen molar-refractivity contribution in [2.24, 2.45) is 21.9 Å². The molecule has 2 rings (SSSR count). The van der Waals surface area contributed by atoms with E-state index in [1.165, 1.54) is 5.01 Å². The Hall–Kier alpha value is -1.68. The van der Waals surface area contributed by atoms with Crippen LogP contribution < -0.4 is 5.01 Å². The van der Waals surface area contributed by atoms with Crippen molar-refractivity contribution < 1.29 is 4.79 Å². The molecule has 1 aromatic carbocycles. The third-order valence-electron chi connectivity index (χ3n) is 2.96. The summed E-state index contributed by atoms with van der Waals surface area (Å²) in [5.41, 5.74) is 1.43. The lowest BCUT2D eigenvalue weighted by Crippen LogP contribution is -2.28. The Labute approximate surface area is 124 Å². The smallest absolute Gasteiger partial charge is 0.261 e. The van der Waals surface area contributed by atoms with Gasteiger partial charge in [0.05, 0.1) is 11.4 Å². The zero-order valence-electron chi connectivity index (χ0n) is 11.9. The fourth-order valence-corrected chi connectivity index (χ4v) is 2.11. The molecule has 1 heterocycles. The van der Waals surface area contributed by atoms with Gasteiger partial charge in [-0.2, -0.15) is 10.1 Å². The highest BCUT2D eigenvalue weighted by Gasteiger charge is 2.33. The molecule has 1 aromatic rings. The predicted octanol–water partition coefficient (Wildman–Crippen LogP) is 3.41. The fraction of sp³-hybridized carbons (Fsp3) is 0.400. The maximum atomic E-state index is 12.4. The lowest BCUT2D eigenvalue weighted by molar-refractivity contribution is -0.118. The molecule has 0 aromatic heterocycles. The average molecular weight is 292 g/mol. The second-order valence-electron chi connectivity index (χ2n) is 5.26. The van der Waals surface area contributed by atoms with Crippen molar-refractivity contribution in [1.82, 2.24) is 0 Å². The van der Waals surface area contributed by atoms with Gasteiger partial charge in [-0.3, -0.25) is 9.79 Å². The standard InChI is InChI=1S/C15H18ClN3O/c1-10(2)8-17-9-14-11(3)18-19(15(14)20)13-6-4-5-12(16)7-13/h4-7,9-10,14H,8H2,1-3H3/t14-/m1/s1. The van der Waals surface area contributed by atoms with Crippen LogP contribution in [-0.2, 0) is 4.79 Å². The van der Waals surface area contributed by atoms with E-state index in [4.69, 9.17) is 11.6 Å². The number of hydrogen-bond acceptors (Lipinski definition) is 3. The number of carbonyl (C=O) groups excluding carboxylic acids is 1. The predicted molar refractivity (Wildman–Crippen MR) is 83.7 cm³/mol. The Kier molecular flexibility index (Phi) is 4.55. The molecule has 106 valence electrons. The number of benzene rings is 1. The van der Waals surface area contributed by atoms with Crippen molar-refractivity contribution in [2.45, 2.75) is 20.8 Å². The second-order valence-corrected chi connectivity index (χ2v) is 5.69. The van der Waals surface area contributed by atoms with Crippen molar-refractivity contribution in [3.05, 3.63) is 29.3 Å². The molecule has 0 bridgehead atoms. The molecule has 4 nitrogen and oxygen atoms in total. The van der Waals surface area contributed by atoms with Crippen LogP contribution in [0.2, 0.25) is 5.02 Å². The number of hydrazone groups is 1. The average Bonchev–Trinajstić information content (AvgIpc) is 2.66. The third-order valence-corrected chi connectivity index (χ3v) is 3.20. The monoisotopic (exact) mass is 291 g/mol. The first-order valence-corrected chi connectivity index (χ1v) is 7.01. The maximum Gasteiger partial charge on any atom is 0.261 e. The van der Waals surface area contributed by atoms with E-state index in [1.807, 2.05) is 13.0 Å². The highest BCUT2D eigenvalue weighted by molar-refractivity contribution is 6.31. The van der Waals surface area contributed by atoms with Crippen molar-refractivity contribution in [1.29, 1.82) is 0 Å². The summed E-state index contributed by atoms with van der Waals surface area (Å²) in [6.45, 7) is 6.74. The van der Waals surface area contributed by atoms with Crippen LogP contribution in [0.5, 0.6) is 0 Å².